The number of nitrogens with one attached hydrogen (secondary N) is 1. The lowest BCUT2D eigenvalue weighted by atomic mass is 9.92. The zero-order chi connectivity index (χ0) is 12.1. The second-order valence-electron chi connectivity index (χ2n) is 5.83. The van der Waals surface area contributed by atoms with Gasteiger partial charge in [0.2, 0.25) is 0 Å². The van der Waals surface area contributed by atoms with Crippen molar-refractivity contribution in [1.82, 2.24) is 5.32 Å². The molecule has 0 radical (unpaired) electrons. The molecular weight excluding hydrogens is 230 g/mol. The Balaban J connectivity index is 1.75. The Morgan fingerprint density at radius 1 is 1.00 bits per heavy atom. The Kier molecular flexibility index (Phi) is 5.49. The predicted octanol–water partition coefficient (Wildman–Crippen LogP) is 2.85. The van der Waals surface area contributed by atoms with Crippen LogP contribution >= 0.6 is 0 Å². The standard InChI is InChI=1S/C14H27NOS/c1-12(13-6-4-2-3-5-7-13)15-14-8-10-17(16)11-9-14/h12-15H,2-11H2,1H3/t12-,14?,17?/m1/s1. The van der Waals surface area contributed by atoms with Gasteiger partial charge < -0.3 is 5.32 Å². The molecule has 0 aromatic carbocycles. The van der Waals surface area contributed by atoms with Crippen LogP contribution < -0.4 is 5.32 Å². The third kappa shape index (κ3) is 4.36. The smallest absolute Gasteiger partial charge is 0.0249 e. The van der Waals surface area contributed by atoms with Gasteiger partial charge in [-0.05, 0) is 38.5 Å². The first-order chi connectivity index (χ1) is 8.25. The summed E-state index contributed by atoms with van der Waals surface area (Å²) in [5.74, 6) is 2.70. The van der Waals surface area contributed by atoms with Gasteiger partial charge in [-0.1, -0.05) is 25.7 Å². The highest BCUT2D eigenvalue weighted by atomic mass is 32.2. The van der Waals surface area contributed by atoms with Crippen LogP contribution in [-0.4, -0.2) is 27.8 Å². The summed E-state index contributed by atoms with van der Waals surface area (Å²) in [6.07, 6.45) is 10.8. The minimum atomic E-state index is -0.523. The summed E-state index contributed by atoms with van der Waals surface area (Å²) >= 11 is 0. The second kappa shape index (κ2) is 6.89. The van der Waals surface area contributed by atoms with Gasteiger partial charge in [-0.15, -0.1) is 0 Å². The number of hydrogen-bond donors (Lipinski definition) is 1. The van der Waals surface area contributed by atoms with Crippen LogP contribution in [-0.2, 0) is 10.8 Å². The zero-order valence-electron chi connectivity index (χ0n) is 11.1. The van der Waals surface area contributed by atoms with E-state index in [1.165, 1.54) is 38.5 Å². The maximum Gasteiger partial charge on any atom is 0.0249 e. The van der Waals surface area contributed by atoms with Crippen molar-refractivity contribution in [1.29, 1.82) is 0 Å². The fourth-order valence-corrected chi connectivity index (χ4v) is 4.58. The van der Waals surface area contributed by atoms with Gasteiger partial charge >= 0.3 is 0 Å². The van der Waals surface area contributed by atoms with E-state index in [0.29, 0.717) is 12.1 Å². The van der Waals surface area contributed by atoms with Gasteiger partial charge in [-0.2, -0.15) is 0 Å². The molecule has 3 heteroatoms. The van der Waals surface area contributed by atoms with E-state index in [4.69, 9.17) is 0 Å². The van der Waals surface area contributed by atoms with E-state index in [9.17, 15) is 4.21 Å². The third-order valence-electron chi connectivity index (χ3n) is 4.49. The average Bonchev–Trinajstić information content (AvgIpc) is 2.61. The van der Waals surface area contributed by atoms with Gasteiger partial charge in [0.15, 0.2) is 0 Å². The molecule has 0 spiro atoms. The Morgan fingerprint density at radius 2 is 1.59 bits per heavy atom. The van der Waals surface area contributed by atoms with Crippen molar-refractivity contribution < 1.29 is 4.21 Å². The highest BCUT2D eigenvalue weighted by Gasteiger charge is 2.23. The first-order valence-electron chi connectivity index (χ1n) is 7.37. The number of rotatable bonds is 3. The molecule has 0 aromatic heterocycles. The van der Waals surface area contributed by atoms with E-state index in [0.717, 1.165) is 30.3 Å². The quantitative estimate of drug-likeness (QED) is 0.788. The van der Waals surface area contributed by atoms with E-state index in [2.05, 4.69) is 12.2 Å². The molecule has 1 atom stereocenters. The largest absolute Gasteiger partial charge is 0.311 e. The molecule has 1 saturated heterocycles. The Bertz CT molecular complexity index is 239. The van der Waals surface area contributed by atoms with Crippen LogP contribution in [0.25, 0.3) is 0 Å². The van der Waals surface area contributed by atoms with Crippen molar-refractivity contribution in [2.45, 2.75) is 70.4 Å². The van der Waals surface area contributed by atoms with E-state index >= 15 is 0 Å². The Hall–Kier alpha value is 0.110. The van der Waals surface area contributed by atoms with Crippen LogP contribution in [0.1, 0.15) is 58.3 Å². The molecule has 0 aromatic rings. The summed E-state index contributed by atoms with van der Waals surface area (Å²) in [4.78, 5) is 0. The summed E-state index contributed by atoms with van der Waals surface area (Å²) in [6.45, 7) is 2.36. The molecule has 0 amide bonds. The summed E-state index contributed by atoms with van der Waals surface area (Å²) in [5, 5.41) is 3.80. The van der Waals surface area contributed by atoms with Crippen molar-refractivity contribution in [3.05, 3.63) is 0 Å². The van der Waals surface area contributed by atoms with E-state index < -0.39 is 10.8 Å². The van der Waals surface area contributed by atoms with E-state index in [1.807, 2.05) is 0 Å². The molecule has 2 fully saturated rings. The van der Waals surface area contributed by atoms with Crippen molar-refractivity contribution in [3.63, 3.8) is 0 Å². The molecule has 2 nitrogen and oxygen atoms in total. The highest BCUT2D eigenvalue weighted by Crippen LogP contribution is 2.26. The fraction of sp³-hybridized carbons (Fsp3) is 1.00. The van der Waals surface area contributed by atoms with E-state index in [-0.39, 0.29) is 0 Å². The van der Waals surface area contributed by atoms with Gasteiger partial charge in [0, 0.05) is 34.4 Å². The highest BCUT2D eigenvalue weighted by molar-refractivity contribution is 7.85. The fourth-order valence-electron chi connectivity index (χ4n) is 3.28. The van der Waals surface area contributed by atoms with Gasteiger partial charge in [-0.3, -0.25) is 4.21 Å². The third-order valence-corrected chi connectivity index (χ3v) is 5.88. The Labute approximate surface area is 108 Å². The van der Waals surface area contributed by atoms with Gasteiger partial charge in [-0.25, -0.2) is 0 Å². The van der Waals surface area contributed by atoms with Crippen LogP contribution in [0, 0.1) is 5.92 Å². The topological polar surface area (TPSA) is 29.1 Å². The molecular formula is C14H27NOS. The lowest BCUT2D eigenvalue weighted by Gasteiger charge is -2.30. The lowest BCUT2D eigenvalue weighted by molar-refractivity contribution is 0.300. The molecule has 2 aliphatic rings. The van der Waals surface area contributed by atoms with Gasteiger partial charge in [0.05, 0.1) is 0 Å². The molecule has 100 valence electrons. The first kappa shape index (κ1) is 13.5. The van der Waals surface area contributed by atoms with Crippen molar-refractivity contribution in [2.24, 2.45) is 5.92 Å². The van der Waals surface area contributed by atoms with Crippen molar-refractivity contribution >= 4 is 10.8 Å². The SMILES string of the molecule is C[C@@H](NC1CCS(=O)CC1)C1CCCCCC1. The predicted molar refractivity (Wildman–Crippen MR) is 74.7 cm³/mol. The molecule has 1 aliphatic carbocycles. The molecule has 1 N–H and O–H groups in total. The molecule has 0 unspecified atom stereocenters. The van der Waals surface area contributed by atoms with Crippen LogP contribution in [0.15, 0.2) is 0 Å². The molecule has 1 saturated carbocycles. The monoisotopic (exact) mass is 257 g/mol. The lowest BCUT2D eigenvalue weighted by Crippen LogP contribution is -2.44. The summed E-state index contributed by atoms with van der Waals surface area (Å²) in [6, 6.07) is 1.29. The maximum absolute atomic E-state index is 11.3. The first-order valence-corrected chi connectivity index (χ1v) is 8.85. The summed E-state index contributed by atoms with van der Waals surface area (Å²) in [5.41, 5.74) is 0. The van der Waals surface area contributed by atoms with Gasteiger partial charge in [0.25, 0.3) is 0 Å². The van der Waals surface area contributed by atoms with E-state index in [1.54, 1.807) is 0 Å². The average molecular weight is 257 g/mol. The maximum atomic E-state index is 11.3. The second-order valence-corrected chi connectivity index (χ2v) is 7.53. The van der Waals surface area contributed by atoms with Crippen molar-refractivity contribution in [2.75, 3.05) is 11.5 Å². The number of hydrogen-bond acceptors (Lipinski definition) is 2. The molecule has 0 bridgehead atoms. The van der Waals surface area contributed by atoms with Gasteiger partial charge in [0.1, 0.15) is 0 Å². The van der Waals surface area contributed by atoms with Crippen LogP contribution in [0.3, 0.4) is 0 Å². The normalized spacial score (nSPS) is 34.2. The van der Waals surface area contributed by atoms with Crippen LogP contribution in [0.4, 0.5) is 0 Å². The molecule has 2 rings (SSSR count). The Morgan fingerprint density at radius 3 is 2.18 bits per heavy atom. The minimum Gasteiger partial charge on any atom is -0.311 e. The molecule has 1 aliphatic heterocycles. The summed E-state index contributed by atoms with van der Waals surface area (Å²) in [7, 11) is -0.523. The van der Waals surface area contributed by atoms with Crippen molar-refractivity contribution in [3.8, 4) is 0 Å². The van der Waals surface area contributed by atoms with Crippen LogP contribution in [0.5, 0.6) is 0 Å². The van der Waals surface area contributed by atoms with Crippen LogP contribution in [0.2, 0.25) is 0 Å². The summed E-state index contributed by atoms with van der Waals surface area (Å²) < 4.78 is 11.3. The minimum absolute atomic E-state index is 0.523. The zero-order valence-corrected chi connectivity index (χ0v) is 11.9. The molecule has 17 heavy (non-hydrogen) atoms. The molecule has 1 heterocycles.